The highest BCUT2D eigenvalue weighted by Gasteiger charge is 2.02. The van der Waals surface area contributed by atoms with E-state index in [9.17, 15) is 4.79 Å². The van der Waals surface area contributed by atoms with Crippen LogP contribution >= 0.6 is 11.6 Å². The van der Waals surface area contributed by atoms with E-state index in [1.165, 1.54) is 0 Å². The zero-order chi connectivity index (χ0) is 14.4. The van der Waals surface area contributed by atoms with Crippen LogP contribution in [0.5, 0.6) is 5.75 Å². The van der Waals surface area contributed by atoms with Crippen LogP contribution < -0.4 is 4.74 Å². The van der Waals surface area contributed by atoms with Crippen molar-refractivity contribution in [3.63, 3.8) is 0 Å². The summed E-state index contributed by atoms with van der Waals surface area (Å²) in [5, 5.41) is 0.681. The number of hydrogen-bond acceptors (Lipinski definition) is 2. The molecule has 0 aliphatic rings. The van der Waals surface area contributed by atoms with Gasteiger partial charge in [-0.1, -0.05) is 29.8 Å². The first-order chi connectivity index (χ1) is 9.69. The molecule has 0 aliphatic carbocycles. The summed E-state index contributed by atoms with van der Waals surface area (Å²) in [4.78, 5) is 12.0. The number of allylic oxidation sites excluding steroid dienone is 1. The van der Waals surface area contributed by atoms with Crippen molar-refractivity contribution in [1.29, 1.82) is 0 Å². The number of ether oxygens (including phenoxy) is 1. The Balaban J connectivity index is 2.05. The Morgan fingerprint density at radius 2 is 1.75 bits per heavy atom. The van der Waals surface area contributed by atoms with Crippen molar-refractivity contribution in [3.05, 3.63) is 70.8 Å². The third kappa shape index (κ3) is 3.97. The van der Waals surface area contributed by atoms with Gasteiger partial charge in [0.05, 0.1) is 6.61 Å². The highest BCUT2D eigenvalue weighted by Crippen LogP contribution is 2.14. The zero-order valence-electron chi connectivity index (χ0n) is 11.2. The van der Waals surface area contributed by atoms with Gasteiger partial charge in [-0.25, -0.2) is 0 Å². The first-order valence-corrected chi connectivity index (χ1v) is 6.77. The molecule has 0 N–H and O–H groups in total. The predicted octanol–water partition coefficient (Wildman–Crippen LogP) is 4.63. The number of carbonyl (C=O) groups excluding carboxylic acids is 1. The van der Waals surface area contributed by atoms with Gasteiger partial charge in [0, 0.05) is 10.6 Å². The second-order valence-corrected chi connectivity index (χ2v) is 4.64. The summed E-state index contributed by atoms with van der Waals surface area (Å²) in [5.41, 5.74) is 1.58. The maximum absolute atomic E-state index is 12.0. The maximum atomic E-state index is 12.0. The highest BCUT2D eigenvalue weighted by atomic mass is 35.5. The summed E-state index contributed by atoms with van der Waals surface area (Å²) in [5.74, 6) is 0.730. The Morgan fingerprint density at radius 1 is 1.10 bits per heavy atom. The van der Waals surface area contributed by atoms with Crippen molar-refractivity contribution >= 4 is 23.5 Å². The van der Waals surface area contributed by atoms with Gasteiger partial charge in [0.25, 0.3) is 0 Å². The minimum atomic E-state index is -0.0389. The molecule has 0 unspecified atom stereocenters. The molecular formula is C17H15ClO2. The standard InChI is InChI=1S/C17H15ClO2/c1-2-20-16-10-6-14(7-11-16)17(19)12-5-13-3-8-15(18)9-4-13/h3-12H,2H2,1H3/b12-5+. The Morgan fingerprint density at radius 3 is 2.35 bits per heavy atom. The number of benzene rings is 2. The van der Waals surface area contributed by atoms with Crippen LogP contribution in [0.25, 0.3) is 6.08 Å². The van der Waals surface area contributed by atoms with Crippen LogP contribution in [-0.4, -0.2) is 12.4 Å². The SMILES string of the molecule is CCOc1ccc(C(=O)/C=C/c2ccc(Cl)cc2)cc1. The molecule has 0 saturated carbocycles. The molecule has 20 heavy (non-hydrogen) atoms. The third-order valence-corrected chi connectivity index (χ3v) is 3.00. The second-order valence-electron chi connectivity index (χ2n) is 4.21. The highest BCUT2D eigenvalue weighted by molar-refractivity contribution is 6.30. The Kier molecular flexibility index (Phi) is 4.97. The fraction of sp³-hybridized carbons (Fsp3) is 0.118. The first-order valence-electron chi connectivity index (χ1n) is 6.40. The molecule has 0 bridgehead atoms. The second kappa shape index (κ2) is 6.92. The summed E-state index contributed by atoms with van der Waals surface area (Å²) in [7, 11) is 0. The lowest BCUT2D eigenvalue weighted by atomic mass is 10.1. The molecule has 0 aliphatic heterocycles. The molecule has 102 valence electrons. The molecule has 0 heterocycles. The molecule has 0 amide bonds. The van der Waals surface area contributed by atoms with Crippen LogP contribution in [0.15, 0.2) is 54.6 Å². The molecule has 0 spiro atoms. The fourth-order valence-electron chi connectivity index (χ4n) is 1.72. The molecule has 0 atom stereocenters. The van der Waals surface area contributed by atoms with Crippen LogP contribution in [0.2, 0.25) is 5.02 Å². The number of carbonyl (C=O) groups is 1. The molecule has 0 radical (unpaired) electrons. The molecule has 2 nitrogen and oxygen atoms in total. The average Bonchev–Trinajstić information content (AvgIpc) is 2.47. The normalized spacial score (nSPS) is 10.7. The van der Waals surface area contributed by atoms with Gasteiger partial charge >= 0.3 is 0 Å². The average molecular weight is 287 g/mol. The quantitative estimate of drug-likeness (QED) is 0.591. The number of rotatable bonds is 5. The van der Waals surface area contributed by atoms with Gasteiger partial charge < -0.3 is 4.74 Å². The molecule has 2 aromatic carbocycles. The van der Waals surface area contributed by atoms with Crippen molar-refractivity contribution in [2.24, 2.45) is 0 Å². The fourth-order valence-corrected chi connectivity index (χ4v) is 1.85. The van der Waals surface area contributed by atoms with E-state index in [0.717, 1.165) is 11.3 Å². The lowest BCUT2D eigenvalue weighted by Crippen LogP contribution is -1.95. The molecular weight excluding hydrogens is 272 g/mol. The van der Waals surface area contributed by atoms with Crippen molar-refractivity contribution in [2.45, 2.75) is 6.92 Å². The Hall–Kier alpha value is -2.06. The van der Waals surface area contributed by atoms with Crippen molar-refractivity contribution in [2.75, 3.05) is 6.61 Å². The lowest BCUT2D eigenvalue weighted by Gasteiger charge is -2.02. The summed E-state index contributed by atoms with van der Waals surface area (Å²) in [6.07, 6.45) is 3.33. The zero-order valence-corrected chi connectivity index (χ0v) is 11.9. The minimum Gasteiger partial charge on any atom is -0.494 e. The molecule has 0 saturated heterocycles. The van der Waals surface area contributed by atoms with E-state index in [1.54, 1.807) is 48.6 Å². The minimum absolute atomic E-state index is 0.0389. The summed E-state index contributed by atoms with van der Waals surface area (Å²) >= 11 is 5.81. The van der Waals surface area contributed by atoms with Gasteiger partial charge in [0.1, 0.15) is 5.75 Å². The number of ketones is 1. The van der Waals surface area contributed by atoms with E-state index in [0.29, 0.717) is 17.2 Å². The van der Waals surface area contributed by atoms with Gasteiger partial charge in [-0.2, -0.15) is 0 Å². The molecule has 2 rings (SSSR count). The number of halogens is 1. The van der Waals surface area contributed by atoms with Gasteiger partial charge in [0.2, 0.25) is 0 Å². The molecule has 2 aromatic rings. The monoisotopic (exact) mass is 286 g/mol. The van der Waals surface area contributed by atoms with Crippen LogP contribution in [-0.2, 0) is 0 Å². The van der Waals surface area contributed by atoms with Crippen LogP contribution in [0.1, 0.15) is 22.8 Å². The first kappa shape index (κ1) is 14.4. The van der Waals surface area contributed by atoms with Gasteiger partial charge in [-0.15, -0.1) is 0 Å². The van der Waals surface area contributed by atoms with E-state index < -0.39 is 0 Å². The van der Waals surface area contributed by atoms with Crippen molar-refractivity contribution in [3.8, 4) is 5.75 Å². The van der Waals surface area contributed by atoms with Crippen LogP contribution in [0.3, 0.4) is 0 Å². The van der Waals surface area contributed by atoms with E-state index in [2.05, 4.69) is 0 Å². The molecule has 0 fully saturated rings. The largest absolute Gasteiger partial charge is 0.494 e. The molecule has 0 aromatic heterocycles. The lowest BCUT2D eigenvalue weighted by molar-refractivity contribution is 0.104. The van der Waals surface area contributed by atoms with Crippen LogP contribution in [0.4, 0.5) is 0 Å². The van der Waals surface area contributed by atoms with Crippen LogP contribution in [0, 0.1) is 0 Å². The predicted molar refractivity (Wildman–Crippen MR) is 82.4 cm³/mol. The summed E-state index contributed by atoms with van der Waals surface area (Å²) < 4.78 is 5.34. The number of hydrogen-bond donors (Lipinski definition) is 0. The van der Waals surface area contributed by atoms with E-state index in [1.807, 2.05) is 19.1 Å². The Bertz CT molecular complexity index is 598. The topological polar surface area (TPSA) is 26.3 Å². The van der Waals surface area contributed by atoms with E-state index in [-0.39, 0.29) is 5.78 Å². The van der Waals surface area contributed by atoms with Crippen molar-refractivity contribution in [1.82, 2.24) is 0 Å². The summed E-state index contributed by atoms with van der Waals surface area (Å²) in [6, 6.07) is 14.4. The third-order valence-electron chi connectivity index (χ3n) is 2.75. The van der Waals surface area contributed by atoms with Gasteiger partial charge in [-0.3, -0.25) is 4.79 Å². The van der Waals surface area contributed by atoms with Crippen molar-refractivity contribution < 1.29 is 9.53 Å². The van der Waals surface area contributed by atoms with E-state index >= 15 is 0 Å². The smallest absolute Gasteiger partial charge is 0.185 e. The van der Waals surface area contributed by atoms with E-state index in [4.69, 9.17) is 16.3 Å². The van der Waals surface area contributed by atoms with Gasteiger partial charge in [0.15, 0.2) is 5.78 Å². The Labute approximate surface area is 123 Å². The van der Waals surface area contributed by atoms with Gasteiger partial charge in [-0.05, 0) is 55.0 Å². The maximum Gasteiger partial charge on any atom is 0.185 e. The summed E-state index contributed by atoms with van der Waals surface area (Å²) in [6.45, 7) is 2.54. The molecule has 3 heteroatoms.